The van der Waals surface area contributed by atoms with Crippen molar-refractivity contribution in [2.24, 2.45) is 0 Å². The van der Waals surface area contributed by atoms with Crippen molar-refractivity contribution < 1.29 is 28.2 Å². The van der Waals surface area contributed by atoms with E-state index in [0.29, 0.717) is 0 Å². The molecule has 1 N–H and O–H groups in total. The predicted octanol–water partition coefficient (Wildman–Crippen LogP) is 2.54. The molecule has 0 fully saturated rings. The monoisotopic (exact) mass is 393 g/mol. The van der Waals surface area contributed by atoms with Crippen molar-refractivity contribution in [3.63, 3.8) is 0 Å². The van der Waals surface area contributed by atoms with E-state index in [-0.39, 0.29) is 11.4 Å². The van der Waals surface area contributed by atoms with Crippen LogP contribution in [0.5, 0.6) is 0 Å². The van der Waals surface area contributed by atoms with E-state index in [9.17, 15) is 18.8 Å². The molecule has 0 bridgehead atoms. The maximum atomic E-state index is 13.7. The minimum atomic E-state index is -1.08. The molecule has 0 radical (unpaired) electrons. The third-order valence-electron chi connectivity index (χ3n) is 3.60. The zero-order valence-corrected chi connectivity index (χ0v) is 15.2. The summed E-state index contributed by atoms with van der Waals surface area (Å²) in [4.78, 5) is 35.9. The Morgan fingerprint density at radius 1 is 1.11 bits per heavy atom. The van der Waals surface area contributed by atoms with Gasteiger partial charge in [-0.1, -0.05) is 48.0 Å². The van der Waals surface area contributed by atoms with Crippen LogP contribution >= 0.6 is 11.6 Å². The molecule has 0 saturated carbocycles. The highest BCUT2D eigenvalue weighted by molar-refractivity contribution is 6.33. The third-order valence-corrected chi connectivity index (χ3v) is 3.92. The Hall–Kier alpha value is -2.93. The third kappa shape index (κ3) is 5.79. The molecule has 0 spiro atoms. The molecule has 0 saturated heterocycles. The van der Waals surface area contributed by atoms with Gasteiger partial charge in [0.1, 0.15) is 17.4 Å². The Morgan fingerprint density at radius 2 is 1.81 bits per heavy atom. The van der Waals surface area contributed by atoms with Gasteiger partial charge in [-0.25, -0.2) is 14.0 Å². The molecule has 142 valence electrons. The van der Waals surface area contributed by atoms with Crippen LogP contribution in [0.4, 0.5) is 4.39 Å². The molecule has 0 aliphatic heterocycles. The Kier molecular flexibility index (Phi) is 7.31. The predicted molar refractivity (Wildman–Crippen MR) is 95.8 cm³/mol. The van der Waals surface area contributed by atoms with E-state index in [4.69, 9.17) is 16.3 Å². The first kappa shape index (κ1) is 20.4. The van der Waals surface area contributed by atoms with E-state index in [0.717, 1.165) is 11.6 Å². The zero-order valence-electron chi connectivity index (χ0n) is 14.4. The van der Waals surface area contributed by atoms with E-state index in [1.807, 2.05) is 6.07 Å². The number of rotatable bonds is 7. The highest BCUT2D eigenvalue weighted by Crippen LogP contribution is 2.19. The van der Waals surface area contributed by atoms with Gasteiger partial charge in [-0.2, -0.15) is 0 Å². The summed E-state index contributed by atoms with van der Waals surface area (Å²) in [5, 5.41) is 2.31. The summed E-state index contributed by atoms with van der Waals surface area (Å²) in [6.45, 7) is -0.703. The van der Waals surface area contributed by atoms with Crippen LogP contribution in [0.25, 0.3) is 0 Å². The van der Waals surface area contributed by atoms with Crippen molar-refractivity contribution in [3.05, 3.63) is 70.5 Å². The second kappa shape index (κ2) is 9.68. The molecule has 8 heteroatoms. The fourth-order valence-corrected chi connectivity index (χ4v) is 2.56. The Morgan fingerprint density at radius 3 is 2.44 bits per heavy atom. The van der Waals surface area contributed by atoms with E-state index < -0.39 is 41.9 Å². The summed E-state index contributed by atoms with van der Waals surface area (Å²) in [7, 11) is 1.20. The Labute approximate surface area is 160 Å². The number of hydrogen-bond acceptors (Lipinski definition) is 5. The fourth-order valence-electron chi connectivity index (χ4n) is 2.32. The van der Waals surface area contributed by atoms with Crippen molar-refractivity contribution in [2.45, 2.75) is 12.5 Å². The first-order chi connectivity index (χ1) is 12.9. The molecule has 0 aliphatic rings. The molecule has 0 unspecified atom stereocenters. The average Bonchev–Trinajstić information content (AvgIpc) is 2.66. The maximum Gasteiger partial charge on any atom is 0.343 e. The minimum Gasteiger partial charge on any atom is -0.467 e. The van der Waals surface area contributed by atoms with Crippen molar-refractivity contribution in [3.8, 4) is 0 Å². The molecule has 2 aromatic rings. The van der Waals surface area contributed by atoms with Crippen LogP contribution in [-0.2, 0) is 25.5 Å². The Bertz CT molecular complexity index is 808. The topological polar surface area (TPSA) is 81.7 Å². The summed E-state index contributed by atoms with van der Waals surface area (Å²) < 4.78 is 23.2. The summed E-state index contributed by atoms with van der Waals surface area (Å²) in [5.41, 5.74) is 0.351. The number of carbonyl (C=O) groups is 3. The second-order valence-electron chi connectivity index (χ2n) is 5.51. The van der Waals surface area contributed by atoms with Crippen LogP contribution in [0.1, 0.15) is 15.9 Å². The van der Waals surface area contributed by atoms with E-state index in [1.54, 1.807) is 24.3 Å². The standard InChI is InChI=1S/C19H17ClFNO5/c1-26-18(24)15(10-12-6-3-2-4-7-12)22-16(23)11-27-19(25)17-13(20)8-5-9-14(17)21/h2-9,15H,10-11H2,1H3,(H,22,23)/t15-/m1/s1. The number of esters is 2. The SMILES string of the molecule is COC(=O)[C@@H](Cc1ccccc1)NC(=O)COC(=O)c1c(F)cccc1Cl. The number of methoxy groups -OCH3 is 1. The Balaban J connectivity index is 1.97. The number of ether oxygens (including phenoxy) is 2. The van der Waals surface area contributed by atoms with Crippen LogP contribution in [0, 0.1) is 5.82 Å². The summed E-state index contributed by atoms with van der Waals surface area (Å²) in [5.74, 6) is -3.31. The molecule has 6 nitrogen and oxygen atoms in total. The van der Waals surface area contributed by atoms with E-state index >= 15 is 0 Å². The zero-order chi connectivity index (χ0) is 19.8. The first-order valence-electron chi connectivity index (χ1n) is 7.94. The molecule has 0 aliphatic carbocycles. The van der Waals surface area contributed by atoms with Crippen molar-refractivity contribution >= 4 is 29.4 Å². The van der Waals surface area contributed by atoms with Crippen LogP contribution < -0.4 is 5.32 Å². The van der Waals surface area contributed by atoms with Gasteiger partial charge in [0.05, 0.1) is 12.1 Å². The number of halogens is 2. The molecular weight excluding hydrogens is 377 g/mol. The molecule has 2 aromatic carbocycles. The summed E-state index contributed by atoms with van der Waals surface area (Å²) in [6, 6.07) is 11.8. The molecule has 2 rings (SSSR count). The number of benzene rings is 2. The molecule has 1 atom stereocenters. The van der Waals surface area contributed by atoms with Gasteiger partial charge < -0.3 is 14.8 Å². The quantitative estimate of drug-likeness (QED) is 0.731. The fraction of sp³-hybridized carbons (Fsp3) is 0.211. The minimum absolute atomic E-state index is 0.128. The number of amides is 1. The van der Waals surface area contributed by atoms with Crippen molar-refractivity contribution in [2.75, 3.05) is 13.7 Å². The molecule has 27 heavy (non-hydrogen) atoms. The van der Waals surface area contributed by atoms with E-state index in [1.165, 1.54) is 19.2 Å². The first-order valence-corrected chi connectivity index (χ1v) is 8.32. The smallest absolute Gasteiger partial charge is 0.343 e. The van der Waals surface area contributed by atoms with Gasteiger partial charge in [-0.05, 0) is 17.7 Å². The lowest BCUT2D eigenvalue weighted by molar-refractivity contribution is -0.145. The van der Waals surface area contributed by atoms with Gasteiger partial charge in [0.15, 0.2) is 6.61 Å². The van der Waals surface area contributed by atoms with Gasteiger partial charge in [-0.3, -0.25) is 4.79 Å². The molecule has 0 aromatic heterocycles. The molecular formula is C19H17ClFNO5. The van der Waals surface area contributed by atoms with Gasteiger partial charge in [0, 0.05) is 6.42 Å². The van der Waals surface area contributed by atoms with Gasteiger partial charge >= 0.3 is 11.9 Å². The average molecular weight is 394 g/mol. The van der Waals surface area contributed by atoms with Crippen LogP contribution in [0.15, 0.2) is 48.5 Å². The normalized spacial score (nSPS) is 11.4. The molecule has 1 amide bonds. The van der Waals surface area contributed by atoms with Crippen molar-refractivity contribution in [1.29, 1.82) is 0 Å². The highest BCUT2D eigenvalue weighted by atomic mass is 35.5. The van der Waals surface area contributed by atoms with Crippen LogP contribution in [0.3, 0.4) is 0 Å². The lowest BCUT2D eigenvalue weighted by Gasteiger charge is -2.16. The van der Waals surface area contributed by atoms with Crippen LogP contribution in [-0.4, -0.2) is 37.6 Å². The second-order valence-corrected chi connectivity index (χ2v) is 5.91. The number of nitrogens with one attached hydrogen (secondary N) is 1. The number of hydrogen-bond donors (Lipinski definition) is 1. The molecule has 0 heterocycles. The van der Waals surface area contributed by atoms with Crippen LogP contribution in [0.2, 0.25) is 5.02 Å². The van der Waals surface area contributed by atoms with Crippen molar-refractivity contribution in [1.82, 2.24) is 5.32 Å². The highest BCUT2D eigenvalue weighted by Gasteiger charge is 2.23. The maximum absolute atomic E-state index is 13.7. The lowest BCUT2D eigenvalue weighted by atomic mass is 10.1. The van der Waals surface area contributed by atoms with Gasteiger partial charge in [-0.15, -0.1) is 0 Å². The van der Waals surface area contributed by atoms with Gasteiger partial charge in [0.2, 0.25) is 0 Å². The summed E-state index contributed by atoms with van der Waals surface area (Å²) in [6.07, 6.45) is 0.201. The number of carbonyl (C=O) groups excluding carboxylic acids is 3. The lowest BCUT2D eigenvalue weighted by Crippen LogP contribution is -2.44. The summed E-state index contributed by atoms with van der Waals surface area (Å²) >= 11 is 5.77. The largest absolute Gasteiger partial charge is 0.467 e. The van der Waals surface area contributed by atoms with E-state index in [2.05, 4.69) is 10.1 Å². The van der Waals surface area contributed by atoms with Gasteiger partial charge in [0.25, 0.3) is 5.91 Å².